The molecule has 1 heterocycles. The Morgan fingerprint density at radius 1 is 1.17 bits per heavy atom. The van der Waals surface area contributed by atoms with E-state index in [4.69, 9.17) is 13.0 Å². The predicted octanol–water partition coefficient (Wildman–Crippen LogP) is 1.95. The van der Waals surface area contributed by atoms with Gasteiger partial charge in [0.15, 0.2) is 27.2 Å². The van der Waals surface area contributed by atoms with E-state index in [9.17, 15) is 26.3 Å². The molecule has 0 N–H and O–H groups in total. The second-order valence-electron chi connectivity index (χ2n) is 2.74. The highest BCUT2D eigenvalue weighted by Crippen LogP contribution is 2.26. The highest BCUT2D eigenvalue weighted by molar-refractivity contribution is 8.23. The molecule has 1 aliphatic rings. The van der Waals surface area contributed by atoms with Gasteiger partial charge in [-0.1, -0.05) is 11.8 Å². The van der Waals surface area contributed by atoms with E-state index in [-0.39, 0.29) is 4.20 Å². The number of thioether (sulfide) groups is 1. The lowest BCUT2D eigenvalue weighted by atomic mass is 10.6. The molecule has 0 aliphatic carbocycles. The highest BCUT2D eigenvalue weighted by Gasteiger charge is 2.44. The molecule has 0 fully saturated rings. The standard InChI is InChI=1S/C5H6F3S2.CHF3O3S/c6-5(7,8)4-9-2-1-3-10-4;2-1(3,4)8(5,6)7/h1-3H2;(H,5,6,7)/q+1;/p-1. The van der Waals surface area contributed by atoms with Crippen molar-refractivity contribution in [1.29, 1.82) is 0 Å². The minimum absolute atomic E-state index is 0.376. The lowest BCUT2D eigenvalue weighted by Gasteiger charge is -2.08. The van der Waals surface area contributed by atoms with Crippen LogP contribution in [0, 0.1) is 0 Å². The Labute approximate surface area is 107 Å². The molecule has 0 bridgehead atoms. The van der Waals surface area contributed by atoms with E-state index in [0.717, 1.165) is 29.5 Å². The minimum atomic E-state index is -6.09. The van der Waals surface area contributed by atoms with Gasteiger partial charge in [0.25, 0.3) is 0 Å². The fourth-order valence-corrected chi connectivity index (χ4v) is 2.89. The van der Waals surface area contributed by atoms with Crippen LogP contribution in [0.25, 0.3) is 0 Å². The van der Waals surface area contributed by atoms with Gasteiger partial charge >= 0.3 is 15.9 Å². The first-order valence-electron chi connectivity index (χ1n) is 4.07. The Morgan fingerprint density at radius 2 is 1.61 bits per heavy atom. The lowest BCUT2D eigenvalue weighted by molar-refractivity contribution is -0.0535. The fraction of sp³-hybridized carbons (Fsp3) is 0.833. The molecular weight excluding hydrogens is 330 g/mol. The van der Waals surface area contributed by atoms with Crippen LogP contribution in [0.4, 0.5) is 26.3 Å². The third kappa shape index (κ3) is 6.75. The third-order valence-corrected chi connectivity index (χ3v) is 4.52. The van der Waals surface area contributed by atoms with Crippen LogP contribution in [0.5, 0.6) is 0 Å². The molecule has 0 saturated heterocycles. The summed E-state index contributed by atoms with van der Waals surface area (Å²) in [6.07, 6.45) is -3.20. The second-order valence-corrected chi connectivity index (χ2v) is 6.58. The summed E-state index contributed by atoms with van der Waals surface area (Å²) in [5, 5.41) is 0. The molecule has 0 atom stereocenters. The molecule has 0 aromatic rings. The van der Waals surface area contributed by atoms with Crippen molar-refractivity contribution in [2.75, 3.05) is 11.5 Å². The van der Waals surface area contributed by atoms with E-state index < -0.39 is 21.8 Å². The van der Waals surface area contributed by atoms with E-state index in [1.165, 1.54) is 0 Å². The molecule has 0 aromatic carbocycles. The van der Waals surface area contributed by atoms with Gasteiger partial charge in [-0.05, 0) is 0 Å². The van der Waals surface area contributed by atoms with Crippen molar-refractivity contribution in [1.82, 2.24) is 0 Å². The molecular formula is C6H6F6O3S3. The third-order valence-electron chi connectivity index (χ3n) is 1.27. The van der Waals surface area contributed by atoms with Gasteiger partial charge in [0.1, 0.15) is 0 Å². The van der Waals surface area contributed by atoms with E-state index in [1.807, 2.05) is 0 Å². The maximum atomic E-state index is 11.9. The van der Waals surface area contributed by atoms with Gasteiger partial charge in [0.05, 0.1) is 0 Å². The lowest BCUT2D eigenvalue weighted by Crippen LogP contribution is -2.23. The molecule has 0 saturated carbocycles. The van der Waals surface area contributed by atoms with Crippen molar-refractivity contribution in [3.8, 4) is 0 Å². The van der Waals surface area contributed by atoms with Gasteiger partial charge in [-0.2, -0.15) is 26.3 Å². The molecule has 12 heteroatoms. The first kappa shape index (κ1) is 17.9. The molecule has 0 amide bonds. The smallest absolute Gasteiger partial charge is 0.485 e. The predicted molar refractivity (Wildman–Crippen MR) is 56.1 cm³/mol. The van der Waals surface area contributed by atoms with Crippen LogP contribution in [0.2, 0.25) is 0 Å². The van der Waals surface area contributed by atoms with Gasteiger partial charge in [0, 0.05) is 12.2 Å². The number of rotatable bonds is 0. The average molecular weight is 336 g/mol. The summed E-state index contributed by atoms with van der Waals surface area (Å²) >= 11 is 1.85. The first-order chi connectivity index (χ1) is 7.86. The van der Waals surface area contributed by atoms with Crippen LogP contribution in [-0.2, 0) is 21.5 Å². The Kier molecular flexibility index (Phi) is 6.36. The topological polar surface area (TPSA) is 57.2 Å². The van der Waals surface area contributed by atoms with Crippen LogP contribution in [0.15, 0.2) is 0 Å². The molecule has 0 spiro atoms. The van der Waals surface area contributed by atoms with E-state index >= 15 is 0 Å². The number of halogens is 6. The summed E-state index contributed by atoms with van der Waals surface area (Å²) in [7, 11) is -6.09. The van der Waals surface area contributed by atoms with Gasteiger partial charge in [0.2, 0.25) is 0 Å². The molecule has 108 valence electrons. The molecule has 0 unspecified atom stereocenters. The number of hydrogen-bond donors (Lipinski definition) is 0. The van der Waals surface area contributed by atoms with Crippen LogP contribution in [0.3, 0.4) is 0 Å². The molecule has 0 radical (unpaired) electrons. The van der Waals surface area contributed by atoms with Crippen molar-refractivity contribution < 1.29 is 39.3 Å². The van der Waals surface area contributed by atoms with Crippen molar-refractivity contribution in [3.63, 3.8) is 0 Å². The zero-order valence-corrected chi connectivity index (χ0v) is 10.8. The maximum absolute atomic E-state index is 11.9. The highest BCUT2D eigenvalue weighted by atomic mass is 32.2. The summed E-state index contributed by atoms with van der Waals surface area (Å²) < 4.78 is 94.1. The first-order valence-corrected chi connectivity index (χ1v) is 7.45. The average Bonchev–Trinajstić information content (AvgIpc) is 2.15. The minimum Gasteiger partial charge on any atom is -0.741 e. The van der Waals surface area contributed by atoms with Crippen molar-refractivity contribution in [2.45, 2.75) is 18.1 Å². The molecule has 0 aromatic heterocycles. The van der Waals surface area contributed by atoms with E-state index in [1.54, 1.807) is 0 Å². The van der Waals surface area contributed by atoms with Crippen LogP contribution >= 0.6 is 11.8 Å². The zero-order chi connectivity index (χ0) is 14.6. The van der Waals surface area contributed by atoms with Crippen LogP contribution in [0.1, 0.15) is 6.42 Å². The van der Waals surface area contributed by atoms with E-state index in [2.05, 4.69) is 0 Å². The molecule has 18 heavy (non-hydrogen) atoms. The Morgan fingerprint density at radius 3 is 1.78 bits per heavy atom. The van der Waals surface area contributed by atoms with E-state index in [0.29, 0.717) is 11.5 Å². The van der Waals surface area contributed by atoms with Crippen molar-refractivity contribution in [3.05, 3.63) is 0 Å². The second kappa shape index (κ2) is 6.39. The fourth-order valence-electron chi connectivity index (χ4n) is 0.594. The summed E-state index contributed by atoms with van der Waals surface area (Å²) in [6, 6.07) is 0. The maximum Gasteiger partial charge on any atom is 0.485 e. The Bertz CT molecular complexity index is 396. The SMILES string of the molecule is FC(F)(F)C1=[S+]CCCS1.O=S(=O)([O-])C(F)(F)F. The molecule has 3 nitrogen and oxygen atoms in total. The summed E-state index contributed by atoms with van der Waals surface area (Å²) in [5.74, 6) is 1.23. The van der Waals surface area contributed by atoms with Crippen molar-refractivity contribution >= 4 is 37.4 Å². The van der Waals surface area contributed by atoms with Gasteiger partial charge in [-0.15, -0.1) is 0 Å². The van der Waals surface area contributed by atoms with Crippen LogP contribution in [-0.4, -0.2) is 40.4 Å². The number of hydrogen-bond acceptors (Lipinski definition) is 4. The Hall–Kier alpha value is -0.0700. The normalized spacial score (nSPS) is 17.6. The monoisotopic (exact) mass is 336 g/mol. The summed E-state index contributed by atoms with van der Waals surface area (Å²) in [5.41, 5.74) is -5.65. The summed E-state index contributed by atoms with van der Waals surface area (Å²) in [4.78, 5) is 0. The van der Waals surface area contributed by atoms with Gasteiger partial charge < -0.3 is 4.55 Å². The Balaban J connectivity index is 0.000000331. The van der Waals surface area contributed by atoms with Crippen molar-refractivity contribution in [2.24, 2.45) is 0 Å². The number of alkyl halides is 6. The zero-order valence-electron chi connectivity index (χ0n) is 8.34. The molecule has 1 rings (SSSR count). The molecule has 1 aliphatic heterocycles. The van der Waals surface area contributed by atoms with Crippen LogP contribution < -0.4 is 0 Å². The van der Waals surface area contributed by atoms with Gasteiger partial charge in [-0.25, -0.2) is 8.42 Å². The summed E-state index contributed by atoms with van der Waals surface area (Å²) in [6.45, 7) is 0. The van der Waals surface area contributed by atoms with Gasteiger partial charge in [-0.3, -0.25) is 0 Å². The largest absolute Gasteiger partial charge is 0.741 e. The quantitative estimate of drug-likeness (QED) is 0.223.